The van der Waals surface area contributed by atoms with Crippen molar-refractivity contribution in [1.82, 2.24) is 4.90 Å². The molecule has 1 aliphatic rings. The van der Waals surface area contributed by atoms with Gasteiger partial charge in [0.15, 0.2) is 0 Å². The van der Waals surface area contributed by atoms with Crippen LogP contribution in [-0.4, -0.2) is 47.9 Å². The largest absolute Gasteiger partial charge is 0.466 e. The molecule has 0 unspecified atom stereocenters. The fourth-order valence-electron chi connectivity index (χ4n) is 2.84. The van der Waals surface area contributed by atoms with Gasteiger partial charge in [-0.3, -0.25) is 24.6 Å². The molecule has 8 heteroatoms. The number of rotatable bonds is 6. The van der Waals surface area contributed by atoms with E-state index >= 15 is 0 Å². The number of likely N-dealkylation sites (tertiary alicyclic amines) is 1. The number of hydrogen-bond donors (Lipinski definition) is 1. The van der Waals surface area contributed by atoms with Crippen LogP contribution in [0.2, 0.25) is 0 Å². The predicted molar refractivity (Wildman–Crippen MR) is 92.3 cm³/mol. The number of carbonyl (C=O) groups is 2. The highest BCUT2D eigenvalue weighted by Gasteiger charge is 2.26. The molecule has 25 heavy (non-hydrogen) atoms. The van der Waals surface area contributed by atoms with Crippen LogP contribution in [0, 0.1) is 23.0 Å². The second kappa shape index (κ2) is 8.57. The molecule has 1 aliphatic heterocycles. The molecule has 0 atom stereocenters. The summed E-state index contributed by atoms with van der Waals surface area (Å²) in [5.74, 6) is -0.490. The zero-order chi connectivity index (χ0) is 18.4. The Bertz CT molecular complexity index is 654. The number of ether oxygens (including phenoxy) is 1. The number of amides is 1. The topological polar surface area (TPSA) is 102 Å². The number of aryl methyl sites for hydroxylation is 1. The maximum Gasteiger partial charge on any atom is 0.309 e. The van der Waals surface area contributed by atoms with Gasteiger partial charge in [-0.15, -0.1) is 0 Å². The Hall–Kier alpha value is -2.48. The van der Waals surface area contributed by atoms with Crippen LogP contribution in [0.15, 0.2) is 18.2 Å². The number of nitro groups is 1. The molecule has 1 amide bonds. The predicted octanol–water partition coefficient (Wildman–Crippen LogP) is 2.12. The van der Waals surface area contributed by atoms with E-state index in [1.54, 1.807) is 19.9 Å². The van der Waals surface area contributed by atoms with Gasteiger partial charge in [-0.25, -0.2) is 0 Å². The third-order valence-corrected chi connectivity index (χ3v) is 4.28. The number of nitrogens with zero attached hydrogens (tertiary/aromatic N) is 2. The molecule has 0 aromatic heterocycles. The molecule has 1 heterocycles. The first-order chi connectivity index (χ1) is 11.9. The number of benzene rings is 1. The van der Waals surface area contributed by atoms with Crippen molar-refractivity contribution < 1.29 is 19.2 Å². The molecule has 2 rings (SSSR count). The Kier molecular flexibility index (Phi) is 6.46. The number of nitro benzene ring substituents is 1. The SMILES string of the molecule is CCOC(=O)C1CCN(CC(=O)Nc2cc([N+](=O)[O-])ccc2C)CC1. The van der Waals surface area contributed by atoms with Gasteiger partial charge in [0.05, 0.1) is 29.7 Å². The van der Waals surface area contributed by atoms with Crippen molar-refractivity contribution in [3.8, 4) is 0 Å². The van der Waals surface area contributed by atoms with E-state index in [-0.39, 0.29) is 30.0 Å². The highest BCUT2D eigenvalue weighted by Crippen LogP contribution is 2.22. The van der Waals surface area contributed by atoms with E-state index in [1.807, 2.05) is 4.90 Å². The van der Waals surface area contributed by atoms with Crippen molar-refractivity contribution in [3.05, 3.63) is 33.9 Å². The third-order valence-electron chi connectivity index (χ3n) is 4.28. The monoisotopic (exact) mass is 349 g/mol. The average Bonchev–Trinajstić information content (AvgIpc) is 2.57. The van der Waals surface area contributed by atoms with Gasteiger partial charge in [0.25, 0.3) is 5.69 Å². The summed E-state index contributed by atoms with van der Waals surface area (Å²) < 4.78 is 5.03. The van der Waals surface area contributed by atoms with E-state index in [2.05, 4.69) is 5.32 Å². The Labute approximate surface area is 146 Å². The number of hydrogen-bond acceptors (Lipinski definition) is 6. The molecular weight excluding hydrogens is 326 g/mol. The number of nitrogens with one attached hydrogen (secondary N) is 1. The molecule has 8 nitrogen and oxygen atoms in total. The van der Waals surface area contributed by atoms with Crippen molar-refractivity contribution in [2.24, 2.45) is 5.92 Å². The second-order valence-corrected chi connectivity index (χ2v) is 6.11. The molecule has 1 N–H and O–H groups in total. The maximum atomic E-state index is 12.2. The molecule has 1 aromatic rings. The molecule has 1 aromatic carbocycles. The minimum absolute atomic E-state index is 0.0591. The molecule has 136 valence electrons. The fraction of sp³-hybridized carbons (Fsp3) is 0.529. The van der Waals surface area contributed by atoms with Gasteiger partial charge in [-0.05, 0) is 45.3 Å². The summed E-state index contributed by atoms with van der Waals surface area (Å²) in [5, 5.41) is 13.6. The number of piperidine rings is 1. The smallest absolute Gasteiger partial charge is 0.309 e. The minimum Gasteiger partial charge on any atom is -0.466 e. The molecule has 1 fully saturated rings. The van der Waals surface area contributed by atoms with Crippen molar-refractivity contribution in [3.63, 3.8) is 0 Å². The van der Waals surface area contributed by atoms with Crippen LogP contribution in [0.5, 0.6) is 0 Å². The highest BCUT2D eigenvalue weighted by atomic mass is 16.6. The van der Waals surface area contributed by atoms with Crippen molar-refractivity contribution >= 4 is 23.3 Å². The van der Waals surface area contributed by atoms with Crippen LogP contribution < -0.4 is 5.32 Å². The van der Waals surface area contributed by atoms with Gasteiger partial charge in [0.2, 0.25) is 5.91 Å². The van der Waals surface area contributed by atoms with Crippen LogP contribution in [0.25, 0.3) is 0 Å². The van der Waals surface area contributed by atoms with E-state index < -0.39 is 4.92 Å². The zero-order valence-corrected chi connectivity index (χ0v) is 14.5. The van der Waals surface area contributed by atoms with Gasteiger partial charge < -0.3 is 10.1 Å². The van der Waals surface area contributed by atoms with E-state index in [0.29, 0.717) is 38.2 Å². The lowest BCUT2D eigenvalue weighted by atomic mass is 9.97. The van der Waals surface area contributed by atoms with Crippen LogP contribution >= 0.6 is 0 Å². The number of non-ortho nitro benzene ring substituents is 1. The number of carbonyl (C=O) groups excluding carboxylic acids is 2. The summed E-state index contributed by atoms with van der Waals surface area (Å²) >= 11 is 0. The van der Waals surface area contributed by atoms with Crippen LogP contribution in [0.3, 0.4) is 0 Å². The Morgan fingerprint density at radius 3 is 2.64 bits per heavy atom. The zero-order valence-electron chi connectivity index (χ0n) is 14.5. The van der Waals surface area contributed by atoms with Crippen LogP contribution in [0.4, 0.5) is 11.4 Å². The molecule has 0 aliphatic carbocycles. The second-order valence-electron chi connectivity index (χ2n) is 6.11. The summed E-state index contributed by atoms with van der Waals surface area (Å²) in [7, 11) is 0. The Morgan fingerprint density at radius 1 is 1.36 bits per heavy atom. The first-order valence-electron chi connectivity index (χ1n) is 8.34. The summed E-state index contributed by atoms with van der Waals surface area (Å²) in [5.41, 5.74) is 1.15. The Morgan fingerprint density at radius 2 is 2.04 bits per heavy atom. The number of anilines is 1. The highest BCUT2D eigenvalue weighted by molar-refractivity contribution is 5.93. The normalized spacial score (nSPS) is 15.6. The quantitative estimate of drug-likeness (QED) is 0.479. The van der Waals surface area contributed by atoms with Crippen LogP contribution in [0.1, 0.15) is 25.3 Å². The van der Waals surface area contributed by atoms with E-state index in [1.165, 1.54) is 12.1 Å². The summed E-state index contributed by atoms with van der Waals surface area (Å²) in [6, 6.07) is 4.38. The third kappa shape index (κ3) is 5.25. The van der Waals surface area contributed by atoms with Crippen molar-refractivity contribution in [1.29, 1.82) is 0 Å². The van der Waals surface area contributed by atoms with Crippen molar-refractivity contribution in [2.45, 2.75) is 26.7 Å². The lowest BCUT2D eigenvalue weighted by Gasteiger charge is -2.30. The summed E-state index contributed by atoms with van der Waals surface area (Å²) in [6.45, 7) is 5.43. The number of esters is 1. The van der Waals surface area contributed by atoms with Gasteiger partial charge in [-0.2, -0.15) is 0 Å². The van der Waals surface area contributed by atoms with Gasteiger partial charge >= 0.3 is 5.97 Å². The van der Waals surface area contributed by atoms with E-state index in [0.717, 1.165) is 5.56 Å². The Balaban J connectivity index is 1.86. The first kappa shape index (κ1) is 18.9. The van der Waals surface area contributed by atoms with E-state index in [4.69, 9.17) is 4.74 Å². The van der Waals surface area contributed by atoms with Gasteiger partial charge in [0.1, 0.15) is 0 Å². The molecule has 0 spiro atoms. The first-order valence-corrected chi connectivity index (χ1v) is 8.34. The summed E-state index contributed by atoms with van der Waals surface area (Å²) in [6.07, 6.45) is 1.34. The molecule has 1 saturated heterocycles. The van der Waals surface area contributed by atoms with E-state index in [9.17, 15) is 19.7 Å². The lowest BCUT2D eigenvalue weighted by Crippen LogP contribution is -2.41. The minimum atomic E-state index is -0.491. The average molecular weight is 349 g/mol. The van der Waals surface area contributed by atoms with Gasteiger partial charge in [0, 0.05) is 12.1 Å². The molecule has 0 radical (unpaired) electrons. The van der Waals surface area contributed by atoms with Crippen molar-refractivity contribution in [2.75, 3.05) is 31.6 Å². The maximum absolute atomic E-state index is 12.2. The van der Waals surface area contributed by atoms with Crippen LogP contribution in [-0.2, 0) is 14.3 Å². The molecule has 0 bridgehead atoms. The fourth-order valence-corrected chi connectivity index (χ4v) is 2.84. The lowest BCUT2D eigenvalue weighted by molar-refractivity contribution is -0.384. The molecule has 0 saturated carbocycles. The summed E-state index contributed by atoms with van der Waals surface area (Å²) in [4.78, 5) is 36.3. The van der Waals surface area contributed by atoms with Gasteiger partial charge in [-0.1, -0.05) is 6.07 Å². The standard InChI is InChI=1S/C17H23N3O5/c1-3-25-17(22)13-6-8-19(9-7-13)11-16(21)18-15-10-14(20(23)24)5-4-12(15)2/h4-5,10,13H,3,6-9,11H2,1-2H3,(H,18,21). The molecular formula is C17H23N3O5.